The van der Waals surface area contributed by atoms with Crippen LogP contribution in [0.5, 0.6) is 5.75 Å². The topological polar surface area (TPSA) is 65.1 Å². The smallest absolute Gasteiger partial charge is 0.161 e. The van der Waals surface area contributed by atoms with Crippen LogP contribution in [0.1, 0.15) is 29.8 Å². The van der Waals surface area contributed by atoms with Crippen LogP contribution < -0.4 is 16.0 Å². The summed E-state index contributed by atoms with van der Waals surface area (Å²) in [6.45, 7) is 4.70. The molecule has 108 valence electrons. The minimum atomic E-state index is -0.278. The molecule has 5 nitrogen and oxygen atoms in total. The minimum absolute atomic E-state index is 0.278. The summed E-state index contributed by atoms with van der Waals surface area (Å²) in [5, 5.41) is 5.00. The summed E-state index contributed by atoms with van der Waals surface area (Å²) >= 11 is 6.41. The number of nitrogens with one attached hydrogen (secondary N) is 1. The Bertz CT molecular complexity index is 575. The molecular weight excluding hydrogens is 276 g/mol. The van der Waals surface area contributed by atoms with Crippen LogP contribution in [0.3, 0.4) is 0 Å². The number of nitrogens with two attached hydrogens (primary N) is 1. The first-order valence-electron chi connectivity index (χ1n) is 6.44. The molecular formula is C14H19ClN4O. The van der Waals surface area contributed by atoms with E-state index in [1.165, 1.54) is 0 Å². The number of aromatic nitrogens is 2. The van der Waals surface area contributed by atoms with E-state index >= 15 is 0 Å². The third-order valence-corrected chi connectivity index (χ3v) is 3.85. The maximum absolute atomic E-state index is 6.41. The van der Waals surface area contributed by atoms with Crippen LogP contribution in [-0.2, 0) is 6.54 Å². The highest BCUT2D eigenvalue weighted by atomic mass is 35.5. The van der Waals surface area contributed by atoms with E-state index in [1.807, 2.05) is 36.7 Å². The number of rotatable bonds is 5. The normalized spacial score (nSPS) is 12.4. The SMILES string of the molecule is CCn1ncc(OC)c1C(NN)c1cccc(C)c1Cl. The zero-order valence-electron chi connectivity index (χ0n) is 11.9. The zero-order chi connectivity index (χ0) is 14.7. The van der Waals surface area contributed by atoms with Crippen molar-refractivity contribution < 1.29 is 4.74 Å². The van der Waals surface area contributed by atoms with Gasteiger partial charge in [-0.25, -0.2) is 5.43 Å². The molecule has 0 radical (unpaired) electrons. The Morgan fingerprint density at radius 1 is 1.50 bits per heavy atom. The van der Waals surface area contributed by atoms with Crippen molar-refractivity contribution in [2.24, 2.45) is 5.84 Å². The van der Waals surface area contributed by atoms with E-state index in [9.17, 15) is 0 Å². The molecule has 0 aliphatic heterocycles. The number of benzene rings is 1. The number of ether oxygens (including phenoxy) is 1. The molecule has 0 aliphatic rings. The lowest BCUT2D eigenvalue weighted by atomic mass is 10.0. The van der Waals surface area contributed by atoms with E-state index in [2.05, 4.69) is 10.5 Å². The van der Waals surface area contributed by atoms with Crippen LogP contribution in [0.25, 0.3) is 0 Å². The number of methoxy groups -OCH3 is 1. The summed E-state index contributed by atoms with van der Waals surface area (Å²) < 4.78 is 7.23. The molecule has 3 N–H and O–H groups in total. The van der Waals surface area contributed by atoms with Crippen molar-refractivity contribution in [2.75, 3.05) is 7.11 Å². The quantitative estimate of drug-likeness (QED) is 0.656. The minimum Gasteiger partial charge on any atom is -0.493 e. The first-order chi connectivity index (χ1) is 9.63. The summed E-state index contributed by atoms with van der Waals surface area (Å²) in [4.78, 5) is 0. The predicted molar refractivity (Wildman–Crippen MR) is 79.8 cm³/mol. The van der Waals surface area contributed by atoms with Crippen molar-refractivity contribution in [3.63, 3.8) is 0 Å². The number of aryl methyl sites for hydroxylation is 2. The summed E-state index contributed by atoms with van der Waals surface area (Å²) in [7, 11) is 1.62. The van der Waals surface area contributed by atoms with Crippen LogP contribution in [0.15, 0.2) is 24.4 Å². The highest BCUT2D eigenvalue weighted by molar-refractivity contribution is 6.32. The van der Waals surface area contributed by atoms with Crippen LogP contribution in [0.2, 0.25) is 5.02 Å². The molecule has 1 aromatic heterocycles. The summed E-state index contributed by atoms with van der Waals surface area (Å²) in [6.07, 6.45) is 1.69. The van der Waals surface area contributed by atoms with Crippen molar-refractivity contribution in [3.8, 4) is 5.75 Å². The fourth-order valence-corrected chi connectivity index (χ4v) is 2.52. The monoisotopic (exact) mass is 294 g/mol. The van der Waals surface area contributed by atoms with Gasteiger partial charge in [-0.15, -0.1) is 0 Å². The maximum Gasteiger partial charge on any atom is 0.161 e. The third-order valence-electron chi connectivity index (χ3n) is 3.34. The van der Waals surface area contributed by atoms with Gasteiger partial charge < -0.3 is 4.74 Å². The molecule has 20 heavy (non-hydrogen) atoms. The second-order valence-corrected chi connectivity index (χ2v) is 4.87. The largest absolute Gasteiger partial charge is 0.493 e. The molecule has 0 saturated carbocycles. The van der Waals surface area contributed by atoms with Crippen molar-refractivity contribution >= 4 is 11.6 Å². The highest BCUT2D eigenvalue weighted by Gasteiger charge is 2.24. The van der Waals surface area contributed by atoms with E-state index in [-0.39, 0.29) is 6.04 Å². The number of hydrazine groups is 1. The molecule has 0 spiro atoms. The lowest BCUT2D eigenvalue weighted by Gasteiger charge is -2.20. The standard InChI is InChI=1S/C14H19ClN4O/c1-4-19-14(11(20-3)8-17-19)13(18-16)10-7-5-6-9(2)12(10)15/h5-8,13,18H,4,16H2,1-3H3. The average molecular weight is 295 g/mol. The summed E-state index contributed by atoms with van der Waals surface area (Å²) in [6, 6.07) is 5.60. The molecule has 1 heterocycles. The lowest BCUT2D eigenvalue weighted by molar-refractivity contribution is 0.399. The third kappa shape index (κ3) is 2.52. The summed E-state index contributed by atoms with van der Waals surface area (Å²) in [5.41, 5.74) is 5.59. The van der Waals surface area contributed by atoms with Gasteiger partial charge in [-0.05, 0) is 25.0 Å². The number of hydrogen-bond acceptors (Lipinski definition) is 4. The Labute approximate surface area is 123 Å². The van der Waals surface area contributed by atoms with E-state index in [0.717, 1.165) is 23.4 Å². The van der Waals surface area contributed by atoms with Gasteiger partial charge >= 0.3 is 0 Å². The van der Waals surface area contributed by atoms with E-state index in [0.29, 0.717) is 10.8 Å². The van der Waals surface area contributed by atoms with Crippen molar-refractivity contribution in [3.05, 3.63) is 46.2 Å². The Morgan fingerprint density at radius 3 is 2.85 bits per heavy atom. The Balaban J connectivity index is 2.58. The second kappa shape index (κ2) is 6.26. The van der Waals surface area contributed by atoms with Crippen LogP contribution in [0, 0.1) is 6.92 Å². The van der Waals surface area contributed by atoms with Gasteiger partial charge in [-0.1, -0.05) is 29.8 Å². The van der Waals surface area contributed by atoms with Gasteiger partial charge in [-0.3, -0.25) is 10.5 Å². The molecule has 0 fully saturated rings. The molecule has 0 aliphatic carbocycles. The second-order valence-electron chi connectivity index (χ2n) is 4.49. The number of hydrogen-bond donors (Lipinski definition) is 2. The maximum atomic E-state index is 6.41. The molecule has 0 saturated heterocycles. The molecule has 2 rings (SSSR count). The molecule has 1 unspecified atom stereocenters. The average Bonchev–Trinajstić information content (AvgIpc) is 2.87. The predicted octanol–water partition coefficient (Wildman–Crippen LogP) is 2.43. The Kier molecular flexibility index (Phi) is 4.65. The van der Waals surface area contributed by atoms with E-state index in [1.54, 1.807) is 13.3 Å². The van der Waals surface area contributed by atoms with Gasteiger partial charge in [0.05, 0.1) is 19.3 Å². The van der Waals surface area contributed by atoms with Crippen molar-refractivity contribution in [1.29, 1.82) is 0 Å². The van der Waals surface area contributed by atoms with E-state index in [4.69, 9.17) is 22.2 Å². The van der Waals surface area contributed by atoms with E-state index < -0.39 is 0 Å². The van der Waals surface area contributed by atoms with Crippen LogP contribution in [-0.4, -0.2) is 16.9 Å². The first kappa shape index (κ1) is 14.8. The number of nitrogens with zero attached hydrogens (tertiary/aromatic N) is 2. The first-order valence-corrected chi connectivity index (χ1v) is 6.82. The van der Waals surface area contributed by atoms with Crippen LogP contribution in [0.4, 0.5) is 0 Å². The molecule has 0 amide bonds. The van der Waals surface area contributed by atoms with Gasteiger partial charge in [0.1, 0.15) is 5.69 Å². The van der Waals surface area contributed by atoms with Gasteiger partial charge in [-0.2, -0.15) is 5.10 Å². The molecule has 1 atom stereocenters. The molecule has 2 aromatic rings. The van der Waals surface area contributed by atoms with Gasteiger partial charge in [0.2, 0.25) is 0 Å². The fraction of sp³-hybridized carbons (Fsp3) is 0.357. The van der Waals surface area contributed by atoms with Gasteiger partial charge in [0.15, 0.2) is 5.75 Å². The highest BCUT2D eigenvalue weighted by Crippen LogP contribution is 2.34. The molecule has 6 heteroatoms. The Morgan fingerprint density at radius 2 is 2.25 bits per heavy atom. The van der Waals surface area contributed by atoms with Crippen molar-refractivity contribution in [2.45, 2.75) is 26.4 Å². The lowest BCUT2D eigenvalue weighted by Crippen LogP contribution is -2.31. The Hall–Kier alpha value is -1.56. The number of halogens is 1. The fourth-order valence-electron chi connectivity index (χ4n) is 2.29. The molecule has 1 aromatic carbocycles. The summed E-state index contributed by atoms with van der Waals surface area (Å²) in [5.74, 6) is 6.44. The van der Waals surface area contributed by atoms with Crippen molar-refractivity contribution in [1.82, 2.24) is 15.2 Å². The zero-order valence-corrected chi connectivity index (χ0v) is 12.6. The van der Waals surface area contributed by atoms with Crippen LogP contribution >= 0.6 is 11.6 Å². The molecule has 0 bridgehead atoms. The van der Waals surface area contributed by atoms with Gasteiger partial charge in [0.25, 0.3) is 0 Å². The van der Waals surface area contributed by atoms with Gasteiger partial charge in [0, 0.05) is 11.6 Å².